The highest BCUT2D eigenvalue weighted by molar-refractivity contribution is 6.30. The van der Waals surface area contributed by atoms with Crippen LogP contribution in [0.3, 0.4) is 0 Å². The van der Waals surface area contributed by atoms with Gasteiger partial charge in [-0.15, -0.1) is 0 Å². The molecule has 1 heterocycles. The van der Waals surface area contributed by atoms with Gasteiger partial charge >= 0.3 is 0 Å². The van der Waals surface area contributed by atoms with Gasteiger partial charge in [0.1, 0.15) is 17.0 Å². The smallest absolute Gasteiger partial charge is 0.142 e. The number of nitriles is 1. The van der Waals surface area contributed by atoms with Crippen LogP contribution in [0.2, 0.25) is 5.15 Å². The molecule has 0 saturated carbocycles. The molecule has 0 aliphatic carbocycles. The second-order valence-corrected chi connectivity index (χ2v) is 4.43. The van der Waals surface area contributed by atoms with Crippen molar-refractivity contribution in [1.82, 2.24) is 9.55 Å². The minimum absolute atomic E-state index is 0.333. The molecule has 0 bridgehead atoms. The van der Waals surface area contributed by atoms with Crippen molar-refractivity contribution < 1.29 is 0 Å². The molecule has 1 atom stereocenters. The standard InChI is InChI=1S/C14H14ClN3/c1-3-12-13(15)18(10(2)9-16)14(17-12)11-7-5-4-6-8-11/h4-8,10H,3H2,1-2H3. The Kier molecular flexibility index (Phi) is 3.69. The van der Waals surface area contributed by atoms with E-state index in [9.17, 15) is 0 Å². The van der Waals surface area contributed by atoms with E-state index >= 15 is 0 Å². The molecule has 0 amide bonds. The van der Waals surface area contributed by atoms with Crippen LogP contribution >= 0.6 is 11.6 Å². The number of benzene rings is 1. The first-order chi connectivity index (χ1) is 8.69. The fourth-order valence-corrected chi connectivity index (χ4v) is 2.29. The van der Waals surface area contributed by atoms with Gasteiger partial charge < -0.3 is 0 Å². The van der Waals surface area contributed by atoms with Crippen molar-refractivity contribution >= 4 is 11.6 Å². The minimum Gasteiger partial charge on any atom is -0.298 e. The summed E-state index contributed by atoms with van der Waals surface area (Å²) in [7, 11) is 0. The summed E-state index contributed by atoms with van der Waals surface area (Å²) in [5.74, 6) is 0.756. The van der Waals surface area contributed by atoms with E-state index in [0.717, 1.165) is 23.5 Å². The molecule has 1 unspecified atom stereocenters. The zero-order valence-corrected chi connectivity index (χ0v) is 11.1. The van der Waals surface area contributed by atoms with Crippen LogP contribution in [0, 0.1) is 11.3 Å². The van der Waals surface area contributed by atoms with Gasteiger partial charge in [-0.05, 0) is 13.3 Å². The first-order valence-corrected chi connectivity index (χ1v) is 6.28. The SMILES string of the molecule is CCc1nc(-c2ccccc2)n(C(C)C#N)c1Cl. The normalized spacial score (nSPS) is 12.1. The Bertz CT molecular complexity index is 581. The highest BCUT2D eigenvalue weighted by Gasteiger charge is 2.19. The Labute approximate surface area is 112 Å². The molecule has 0 fully saturated rings. The molecule has 18 heavy (non-hydrogen) atoms. The van der Waals surface area contributed by atoms with Crippen molar-refractivity contribution in [3.05, 3.63) is 41.2 Å². The van der Waals surface area contributed by atoms with Gasteiger partial charge in [-0.3, -0.25) is 4.57 Å². The topological polar surface area (TPSA) is 41.6 Å². The molecule has 1 aromatic carbocycles. The number of imidazole rings is 1. The molecule has 92 valence electrons. The van der Waals surface area contributed by atoms with Crippen LogP contribution in [0.4, 0.5) is 0 Å². The van der Waals surface area contributed by atoms with E-state index in [1.54, 1.807) is 4.57 Å². The third-order valence-corrected chi connectivity index (χ3v) is 3.26. The molecule has 3 nitrogen and oxygen atoms in total. The van der Waals surface area contributed by atoms with Gasteiger partial charge in [0, 0.05) is 5.56 Å². The third-order valence-electron chi connectivity index (χ3n) is 2.86. The lowest BCUT2D eigenvalue weighted by molar-refractivity contribution is 0.680. The molecule has 0 N–H and O–H groups in total. The zero-order valence-electron chi connectivity index (χ0n) is 10.4. The first-order valence-electron chi connectivity index (χ1n) is 5.90. The molecule has 2 rings (SSSR count). The van der Waals surface area contributed by atoms with E-state index in [0.29, 0.717) is 5.15 Å². The van der Waals surface area contributed by atoms with Crippen LogP contribution in [-0.2, 0) is 6.42 Å². The van der Waals surface area contributed by atoms with E-state index in [4.69, 9.17) is 16.9 Å². The lowest BCUT2D eigenvalue weighted by atomic mass is 10.2. The van der Waals surface area contributed by atoms with E-state index < -0.39 is 0 Å². The number of nitrogens with zero attached hydrogens (tertiary/aromatic N) is 3. The van der Waals surface area contributed by atoms with Gasteiger partial charge in [0.25, 0.3) is 0 Å². The van der Waals surface area contributed by atoms with Crippen LogP contribution in [-0.4, -0.2) is 9.55 Å². The summed E-state index contributed by atoms with van der Waals surface area (Å²) in [6.07, 6.45) is 0.754. The van der Waals surface area contributed by atoms with Gasteiger partial charge in [0.05, 0.1) is 11.8 Å². The fraction of sp³-hybridized carbons (Fsp3) is 0.286. The molecule has 2 aromatic rings. The van der Waals surface area contributed by atoms with Gasteiger partial charge in [-0.25, -0.2) is 4.98 Å². The summed E-state index contributed by atoms with van der Waals surface area (Å²) in [4.78, 5) is 4.55. The summed E-state index contributed by atoms with van der Waals surface area (Å²) in [6, 6.07) is 11.7. The molecule has 0 aliphatic heterocycles. The van der Waals surface area contributed by atoms with Crippen molar-refractivity contribution in [3.8, 4) is 17.5 Å². The number of aromatic nitrogens is 2. The third kappa shape index (κ3) is 2.12. The summed E-state index contributed by atoms with van der Waals surface area (Å²) in [5.41, 5.74) is 1.80. The van der Waals surface area contributed by atoms with Gasteiger partial charge in [-0.1, -0.05) is 48.9 Å². The monoisotopic (exact) mass is 259 g/mol. The molecule has 1 aromatic heterocycles. The molecule has 0 saturated heterocycles. The highest BCUT2D eigenvalue weighted by atomic mass is 35.5. The maximum absolute atomic E-state index is 9.11. The summed E-state index contributed by atoms with van der Waals surface area (Å²) >= 11 is 6.30. The van der Waals surface area contributed by atoms with Crippen LogP contribution in [0.25, 0.3) is 11.4 Å². The number of hydrogen-bond donors (Lipinski definition) is 0. The van der Waals surface area contributed by atoms with E-state index in [2.05, 4.69) is 11.1 Å². The lowest BCUT2D eigenvalue weighted by Gasteiger charge is -2.10. The molecular weight excluding hydrogens is 246 g/mol. The summed E-state index contributed by atoms with van der Waals surface area (Å²) in [6.45, 7) is 3.82. The maximum atomic E-state index is 9.11. The molecule has 4 heteroatoms. The first kappa shape index (κ1) is 12.7. The van der Waals surface area contributed by atoms with E-state index in [1.807, 2.05) is 44.2 Å². The second kappa shape index (κ2) is 5.24. The second-order valence-electron chi connectivity index (χ2n) is 4.07. The Balaban J connectivity index is 2.64. The van der Waals surface area contributed by atoms with Gasteiger partial charge in [0.15, 0.2) is 0 Å². The van der Waals surface area contributed by atoms with Crippen LogP contribution in [0.5, 0.6) is 0 Å². The highest BCUT2D eigenvalue weighted by Crippen LogP contribution is 2.29. The van der Waals surface area contributed by atoms with Crippen LogP contribution < -0.4 is 0 Å². The number of rotatable bonds is 3. The van der Waals surface area contributed by atoms with Crippen molar-refractivity contribution in [2.45, 2.75) is 26.3 Å². The van der Waals surface area contributed by atoms with E-state index in [-0.39, 0.29) is 6.04 Å². The predicted octanol–water partition coefficient (Wildman–Crippen LogP) is 3.85. The van der Waals surface area contributed by atoms with Crippen molar-refractivity contribution in [3.63, 3.8) is 0 Å². The van der Waals surface area contributed by atoms with Crippen molar-refractivity contribution in [2.75, 3.05) is 0 Å². The van der Waals surface area contributed by atoms with Crippen LogP contribution in [0.15, 0.2) is 30.3 Å². The van der Waals surface area contributed by atoms with Gasteiger partial charge in [0.2, 0.25) is 0 Å². The number of hydrogen-bond acceptors (Lipinski definition) is 2. The van der Waals surface area contributed by atoms with Crippen molar-refractivity contribution in [2.24, 2.45) is 0 Å². The van der Waals surface area contributed by atoms with Crippen LogP contribution in [0.1, 0.15) is 25.6 Å². The quantitative estimate of drug-likeness (QED) is 0.840. The van der Waals surface area contributed by atoms with Crippen molar-refractivity contribution in [1.29, 1.82) is 5.26 Å². The lowest BCUT2D eigenvalue weighted by Crippen LogP contribution is -2.05. The number of halogens is 1. The minimum atomic E-state index is -0.333. The Morgan fingerprint density at radius 3 is 2.61 bits per heavy atom. The Morgan fingerprint density at radius 2 is 2.06 bits per heavy atom. The fourth-order valence-electron chi connectivity index (χ4n) is 1.89. The predicted molar refractivity (Wildman–Crippen MR) is 72.4 cm³/mol. The largest absolute Gasteiger partial charge is 0.298 e. The average Bonchev–Trinajstić information content (AvgIpc) is 2.76. The Morgan fingerprint density at radius 1 is 1.39 bits per heavy atom. The summed E-state index contributed by atoms with van der Waals surface area (Å²) in [5, 5.41) is 9.67. The maximum Gasteiger partial charge on any atom is 0.142 e. The molecular formula is C14H14ClN3. The molecule has 0 spiro atoms. The van der Waals surface area contributed by atoms with E-state index in [1.165, 1.54) is 0 Å². The summed E-state index contributed by atoms with van der Waals surface area (Å²) < 4.78 is 1.79. The average molecular weight is 260 g/mol. The number of aryl methyl sites for hydroxylation is 1. The molecule has 0 aliphatic rings. The van der Waals surface area contributed by atoms with Gasteiger partial charge in [-0.2, -0.15) is 5.26 Å². The molecule has 0 radical (unpaired) electrons. The Hall–Kier alpha value is -1.79. The zero-order chi connectivity index (χ0) is 13.1.